The summed E-state index contributed by atoms with van der Waals surface area (Å²) in [4.78, 5) is 12.1. The van der Waals surface area contributed by atoms with E-state index in [4.69, 9.17) is 14.2 Å². The second kappa shape index (κ2) is 8.97. The molecule has 0 saturated heterocycles. The van der Waals surface area contributed by atoms with Gasteiger partial charge >= 0.3 is 0 Å². The van der Waals surface area contributed by atoms with Crippen molar-refractivity contribution >= 4 is 5.91 Å². The molecule has 5 heteroatoms. The fraction of sp³-hybridized carbons (Fsp3) is 0.350. The van der Waals surface area contributed by atoms with Gasteiger partial charge in [-0.05, 0) is 48.7 Å². The number of hydrogen-bond acceptors (Lipinski definition) is 4. The van der Waals surface area contributed by atoms with E-state index in [2.05, 4.69) is 5.32 Å². The minimum Gasteiger partial charge on any atom is -0.493 e. The van der Waals surface area contributed by atoms with Crippen LogP contribution in [0, 0.1) is 13.8 Å². The van der Waals surface area contributed by atoms with Crippen LogP contribution in [0.25, 0.3) is 0 Å². The maximum absolute atomic E-state index is 12.1. The molecular formula is C20H25NO4. The van der Waals surface area contributed by atoms with Crippen molar-refractivity contribution in [2.24, 2.45) is 0 Å². The second-order valence-electron chi connectivity index (χ2n) is 5.83. The van der Waals surface area contributed by atoms with E-state index in [9.17, 15) is 4.79 Å². The van der Waals surface area contributed by atoms with Gasteiger partial charge < -0.3 is 19.5 Å². The Morgan fingerprint density at radius 2 is 1.72 bits per heavy atom. The van der Waals surface area contributed by atoms with Gasteiger partial charge in [0, 0.05) is 0 Å². The van der Waals surface area contributed by atoms with Crippen LogP contribution in [0.5, 0.6) is 17.2 Å². The normalized spacial score (nSPS) is 10.2. The lowest BCUT2D eigenvalue weighted by molar-refractivity contribution is -0.120. The lowest BCUT2D eigenvalue weighted by Crippen LogP contribution is -2.29. The van der Waals surface area contributed by atoms with Crippen molar-refractivity contribution in [3.05, 3.63) is 53.1 Å². The molecule has 0 aliphatic carbocycles. The lowest BCUT2D eigenvalue weighted by atomic mass is 10.1. The van der Waals surface area contributed by atoms with Gasteiger partial charge in [0.15, 0.2) is 11.5 Å². The Balaban J connectivity index is 1.80. The SMILES string of the molecule is COc1ccc(CC(=O)NCCOc2cc(C)ccc2C)cc1OC. The van der Waals surface area contributed by atoms with E-state index >= 15 is 0 Å². The van der Waals surface area contributed by atoms with Crippen LogP contribution in [-0.4, -0.2) is 33.3 Å². The molecule has 0 aliphatic rings. The summed E-state index contributed by atoms with van der Waals surface area (Å²) in [5, 5.41) is 2.87. The fourth-order valence-corrected chi connectivity index (χ4v) is 2.45. The van der Waals surface area contributed by atoms with E-state index in [0.717, 1.165) is 22.4 Å². The van der Waals surface area contributed by atoms with Gasteiger partial charge in [0.25, 0.3) is 0 Å². The molecule has 2 aromatic carbocycles. The number of carbonyl (C=O) groups is 1. The molecule has 0 saturated carbocycles. The largest absolute Gasteiger partial charge is 0.493 e. The van der Waals surface area contributed by atoms with E-state index in [1.807, 2.05) is 44.2 Å². The minimum atomic E-state index is -0.0585. The standard InChI is InChI=1S/C20H25NO4/c1-14-5-6-15(2)18(11-14)25-10-9-21-20(22)13-16-7-8-17(23-3)19(12-16)24-4/h5-8,11-12H,9-10,13H2,1-4H3,(H,21,22). The molecule has 1 amide bonds. The Hall–Kier alpha value is -2.69. The van der Waals surface area contributed by atoms with Crippen LogP contribution >= 0.6 is 0 Å². The quantitative estimate of drug-likeness (QED) is 0.749. The maximum Gasteiger partial charge on any atom is 0.224 e. The van der Waals surface area contributed by atoms with Gasteiger partial charge in [-0.2, -0.15) is 0 Å². The third-order valence-electron chi connectivity index (χ3n) is 3.84. The number of nitrogens with one attached hydrogen (secondary N) is 1. The van der Waals surface area contributed by atoms with Gasteiger partial charge in [0.05, 0.1) is 27.2 Å². The molecule has 0 radical (unpaired) electrons. The molecule has 2 rings (SSSR count). The zero-order valence-electron chi connectivity index (χ0n) is 15.2. The average molecular weight is 343 g/mol. The first-order chi connectivity index (χ1) is 12.0. The summed E-state index contributed by atoms with van der Waals surface area (Å²) in [6, 6.07) is 11.5. The molecule has 0 unspecified atom stereocenters. The number of carbonyl (C=O) groups excluding carboxylic acids is 1. The van der Waals surface area contributed by atoms with Crippen molar-refractivity contribution in [1.29, 1.82) is 0 Å². The Morgan fingerprint density at radius 3 is 2.44 bits per heavy atom. The lowest BCUT2D eigenvalue weighted by Gasteiger charge is -2.11. The monoisotopic (exact) mass is 343 g/mol. The number of amides is 1. The summed E-state index contributed by atoms with van der Waals surface area (Å²) in [7, 11) is 3.16. The van der Waals surface area contributed by atoms with Crippen LogP contribution < -0.4 is 19.5 Å². The molecule has 0 spiro atoms. The molecule has 0 fully saturated rings. The molecule has 0 aliphatic heterocycles. The van der Waals surface area contributed by atoms with Crippen LogP contribution in [0.4, 0.5) is 0 Å². The van der Waals surface area contributed by atoms with Gasteiger partial charge in [-0.15, -0.1) is 0 Å². The molecule has 1 N–H and O–H groups in total. The number of benzene rings is 2. The van der Waals surface area contributed by atoms with Crippen molar-refractivity contribution < 1.29 is 19.0 Å². The predicted molar refractivity (Wildman–Crippen MR) is 97.7 cm³/mol. The smallest absolute Gasteiger partial charge is 0.224 e. The molecule has 0 heterocycles. The van der Waals surface area contributed by atoms with Crippen LogP contribution in [0.3, 0.4) is 0 Å². The zero-order valence-corrected chi connectivity index (χ0v) is 15.2. The van der Waals surface area contributed by atoms with Crippen molar-refractivity contribution in [3.63, 3.8) is 0 Å². The molecule has 2 aromatic rings. The highest BCUT2D eigenvalue weighted by molar-refractivity contribution is 5.78. The summed E-state index contributed by atoms with van der Waals surface area (Å²) in [5.41, 5.74) is 3.10. The summed E-state index contributed by atoms with van der Waals surface area (Å²) >= 11 is 0. The molecule has 134 valence electrons. The van der Waals surface area contributed by atoms with Gasteiger partial charge in [-0.1, -0.05) is 18.2 Å². The second-order valence-corrected chi connectivity index (χ2v) is 5.83. The summed E-state index contributed by atoms with van der Waals surface area (Å²) < 4.78 is 16.2. The minimum absolute atomic E-state index is 0.0585. The number of ether oxygens (including phenoxy) is 3. The van der Waals surface area contributed by atoms with Crippen molar-refractivity contribution in [2.75, 3.05) is 27.4 Å². The fourth-order valence-electron chi connectivity index (χ4n) is 2.45. The first kappa shape index (κ1) is 18.6. The molecule has 0 aromatic heterocycles. The van der Waals surface area contributed by atoms with E-state index in [1.54, 1.807) is 20.3 Å². The van der Waals surface area contributed by atoms with Crippen molar-refractivity contribution in [3.8, 4) is 17.2 Å². The third kappa shape index (κ3) is 5.41. The van der Waals surface area contributed by atoms with Crippen LogP contribution in [0.1, 0.15) is 16.7 Å². The molecule has 5 nitrogen and oxygen atoms in total. The Labute approximate surface area is 148 Å². The molecular weight excluding hydrogens is 318 g/mol. The molecule has 0 atom stereocenters. The number of methoxy groups -OCH3 is 2. The number of hydrogen-bond donors (Lipinski definition) is 1. The van der Waals surface area contributed by atoms with Gasteiger partial charge in [-0.3, -0.25) is 4.79 Å². The summed E-state index contributed by atoms with van der Waals surface area (Å²) in [5.74, 6) is 2.06. The van der Waals surface area contributed by atoms with E-state index < -0.39 is 0 Å². The summed E-state index contributed by atoms with van der Waals surface area (Å²) in [6.07, 6.45) is 0.282. The number of rotatable bonds is 8. The van der Waals surface area contributed by atoms with Crippen molar-refractivity contribution in [2.45, 2.75) is 20.3 Å². The Bertz CT molecular complexity index is 728. The zero-order chi connectivity index (χ0) is 18.2. The summed E-state index contributed by atoms with van der Waals surface area (Å²) in [6.45, 7) is 4.92. The van der Waals surface area contributed by atoms with Crippen LogP contribution in [0.15, 0.2) is 36.4 Å². The van der Waals surface area contributed by atoms with Gasteiger partial charge in [0.1, 0.15) is 12.4 Å². The number of aryl methyl sites for hydroxylation is 2. The van der Waals surface area contributed by atoms with E-state index in [0.29, 0.717) is 24.7 Å². The van der Waals surface area contributed by atoms with Crippen molar-refractivity contribution in [1.82, 2.24) is 5.32 Å². The highest BCUT2D eigenvalue weighted by atomic mass is 16.5. The first-order valence-corrected chi connectivity index (χ1v) is 8.21. The van der Waals surface area contributed by atoms with E-state index in [-0.39, 0.29) is 12.3 Å². The van der Waals surface area contributed by atoms with Gasteiger partial charge in [0.2, 0.25) is 5.91 Å². The van der Waals surface area contributed by atoms with E-state index in [1.165, 1.54) is 0 Å². The topological polar surface area (TPSA) is 56.8 Å². The Kier molecular flexibility index (Phi) is 6.69. The third-order valence-corrected chi connectivity index (χ3v) is 3.84. The highest BCUT2D eigenvalue weighted by Crippen LogP contribution is 2.27. The van der Waals surface area contributed by atoms with Crippen LogP contribution in [0.2, 0.25) is 0 Å². The predicted octanol–water partition coefficient (Wildman–Crippen LogP) is 3.06. The molecule has 25 heavy (non-hydrogen) atoms. The molecule has 0 bridgehead atoms. The Morgan fingerprint density at radius 1 is 0.960 bits per heavy atom. The first-order valence-electron chi connectivity index (χ1n) is 8.21. The van der Waals surface area contributed by atoms with Gasteiger partial charge in [-0.25, -0.2) is 0 Å². The van der Waals surface area contributed by atoms with Crippen LogP contribution in [-0.2, 0) is 11.2 Å². The highest BCUT2D eigenvalue weighted by Gasteiger charge is 2.08. The average Bonchev–Trinajstić information content (AvgIpc) is 2.61. The maximum atomic E-state index is 12.1.